The van der Waals surface area contributed by atoms with E-state index in [2.05, 4.69) is 46.2 Å². The summed E-state index contributed by atoms with van der Waals surface area (Å²) < 4.78 is 45.2. The first-order valence-electron chi connectivity index (χ1n) is 20.9. The van der Waals surface area contributed by atoms with Gasteiger partial charge in [0.05, 0.1) is 47.7 Å². The standard InChI is InChI=1S/C25H22ClN5O3.C24H16F2N6O2/c26-17-1-3-18(4-2-17)28-25(32)29-19-5-7-20(8-6-19)34-21-9-10-22-23(15-21)30-24(16-27-22)31-11-13-33-14-12-31;25-19-8-4-16(12-20(19)26)30-24(33)29-15-2-5-17(6-3-15)34-18-7-9-21-22(13-18)31-23(14-27-21)32-11-1-10-28-32/h1-10,15-16H,11-14H2,(H2,28,29,32);1-14H,(H2,29,30,33). The maximum absolute atomic E-state index is 13.3. The van der Waals surface area contributed by atoms with Gasteiger partial charge in [-0.3, -0.25) is 9.97 Å². The number of ether oxygens (including phenoxy) is 3. The molecule has 68 heavy (non-hydrogen) atoms. The summed E-state index contributed by atoms with van der Waals surface area (Å²) in [6.45, 7) is 2.98. The van der Waals surface area contributed by atoms with Crippen LogP contribution >= 0.6 is 11.6 Å². The van der Waals surface area contributed by atoms with Crippen molar-refractivity contribution >= 4 is 74.3 Å². The van der Waals surface area contributed by atoms with Crippen LogP contribution in [0.25, 0.3) is 27.9 Å². The number of rotatable bonds is 10. The van der Waals surface area contributed by atoms with E-state index in [1.54, 1.807) is 120 Å². The van der Waals surface area contributed by atoms with Crippen molar-refractivity contribution in [1.29, 1.82) is 0 Å². The van der Waals surface area contributed by atoms with Crippen LogP contribution in [0, 0.1) is 11.6 Å². The molecule has 1 saturated heterocycles. The molecule has 3 aromatic heterocycles. The van der Waals surface area contributed by atoms with Gasteiger partial charge in [-0.2, -0.15) is 5.10 Å². The average molecular weight is 934 g/mol. The van der Waals surface area contributed by atoms with Crippen LogP contribution in [0.15, 0.2) is 158 Å². The Morgan fingerprint density at radius 3 is 1.57 bits per heavy atom. The third-order valence-electron chi connectivity index (χ3n) is 10.1. The molecule has 1 aliphatic rings. The zero-order chi connectivity index (χ0) is 46.8. The lowest BCUT2D eigenvalue weighted by Gasteiger charge is -2.27. The van der Waals surface area contributed by atoms with Gasteiger partial charge in [-0.1, -0.05) is 11.6 Å². The van der Waals surface area contributed by atoms with Gasteiger partial charge in [0.2, 0.25) is 0 Å². The summed E-state index contributed by atoms with van der Waals surface area (Å²) in [5, 5.41) is 15.4. The molecule has 16 nitrogen and oxygen atoms in total. The predicted octanol–water partition coefficient (Wildman–Crippen LogP) is 11.1. The van der Waals surface area contributed by atoms with Crippen LogP contribution < -0.4 is 35.6 Å². The first kappa shape index (κ1) is 44.5. The number of amides is 4. The number of hydrogen-bond donors (Lipinski definition) is 4. The number of hydrogen-bond acceptors (Lipinski definition) is 11. The predicted molar refractivity (Wildman–Crippen MR) is 255 cm³/mol. The molecule has 9 aromatic rings. The second-order valence-electron chi connectivity index (χ2n) is 14.9. The summed E-state index contributed by atoms with van der Waals surface area (Å²) >= 11 is 5.87. The lowest BCUT2D eigenvalue weighted by molar-refractivity contribution is 0.122. The van der Waals surface area contributed by atoms with Gasteiger partial charge in [-0.05, 0) is 115 Å². The number of nitrogens with zero attached hydrogens (tertiary/aromatic N) is 7. The van der Waals surface area contributed by atoms with Crippen molar-refractivity contribution in [2.45, 2.75) is 0 Å². The van der Waals surface area contributed by atoms with Gasteiger partial charge in [-0.25, -0.2) is 33.0 Å². The van der Waals surface area contributed by atoms with Crippen molar-refractivity contribution in [1.82, 2.24) is 29.7 Å². The highest BCUT2D eigenvalue weighted by molar-refractivity contribution is 6.30. The fraction of sp³-hybridized carbons (Fsp3) is 0.0816. The van der Waals surface area contributed by atoms with E-state index < -0.39 is 17.7 Å². The van der Waals surface area contributed by atoms with Crippen LogP contribution in [0.2, 0.25) is 5.02 Å². The summed E-state index contributed by atoms with van der Waals surface area (Å²) in [4.78, 5) is 44.7. The number of fused-ring (bicyclic) bond motifs is 2. The third-order valence-corrected chi connectivity index (χ3v) is 10.3. The van der Waals surface area contributed by atoms with Crippen molar-refractivity contribution in [2.24, 2.45) is 0 Å². The number of carbonyl (C=O) groups excluding carboxylic acids is 2. The highest BCUT2D eigenvalue weighted by atomic mass is 35.5. The molecule has 0 atom stereocenters. The zero-order valence-corrected chi connectivity index (χ0v) is 36.4. The van der Waals surface area contributed by atoms with Gasteiger partial charge in [-0.15, -0.1) is 0 Å². The Balaban J connectivity index is 0.000000170. The van der Waals surface area contributed by atoms with E-state index >= 15 is 0 Å². The van der Waals surface area contributed by atoms with Crippen LogP contribution in [0.5, 0.6) is 23.0 Å². The van der Waals surface area contributed by atoms with Crippen molar-refractivity contribution in [3.8, 4) is 28.8 Å². The van der Waals surface area contributed by atoms with Crippen molar-refractivity contribution < 1.29 is 32.6 Å². The molecule has 19 heteroatoms. The number of halogens is 3. The maximum Gasteiger partial charge on any atom is 0.323 e. The average Bonchev–Trinajstić information content (AvgIpc) is 3.90. The Bertz CT molecular complexity index is 3200. The molecule has 0 saturated carbocycles. The van der Waals surface area contributed by atoms with Gasteiger partial charge in [0.15, 0.2) is 17.5 Å². The largest absolute Gasteiger partial charge is 0.457 e. The highest BCUT2D eigenvalue weighted by Gasteiger charge is 2.14. The van der Waals surface area contributed by atoms with E-state index in [0.717, 1.165) is 47.6 Å². The summed E-state index contributed by atoms with van der Waals surface area (Å²) in [7, 11) is 0. The molecule has 4 heterocycles. The van der Waals surface area contributed by atoms with E-state index in [1.807, 2.05) is 24.3 Å². The third kappa shape index (κ3) is 11.6. The normalized spacial score (nSPS) is 12.1. The highest BCUT2D eigenvalue weighted by Crippen LogP contribution is 2.28. The number of benzene rings is 6. The van der Waals surface area contributed by atoms with Crippen LogP contribution in [-0.4, -0.2) is 68.1 Å². The summed E-state index contributed by atoms with van der Waals surface area (Å²) in [6, 6.07) is 35.6. The summed E-state index contributed by atoms with van der Waals surface area (Å²) in [6.07, 6.45) is 6.88. The molecule has 0 bridgehead atoms. The number of morpholine rings is 1. The van der Waals surface area contributed by atoms with Crippen LogP contribution in [0.3, 0.4) is 0 Å². The Morgan fingerprint density at radius 1 is 0.559 bits per heavy atom. The Hall–Kier alpha value is -8.74. The molecule has 10 rings (SSSR count). The minimum absolute atomic E-state index is 0.131. The second kappa shape index (κ2) is 20.6. The number of carbonyl (C=O) groups is 2. The Morgan fingerprint density at radius 2 is 1.04 bits per heavy atom. The molecule has 1 aliphatic heterocycles. The molecule has 6 aromatic carbocycles. The molecule has 0 spiro atoms. The lowest BCUT2D eigenvalue weighted by atomic mass is 10.2. The maximum atomic E-state index is 13.3. The Kier molecular flexibility index (Phi) is 13.5. The van der Waals surface area contributed by atoms with Crippen LogP contribution in [0.1, 0.15) is 0 Å². The molecule has 340 valence electrons. The zero-order valence-electron chi connectivity index (χ0n) is 35.6. The molecule has 4 amide bonds. The first-order chi connectivity index (χ1) is 33.1. The molecule has 0 aliphatic carbocycles. The van der Waals surface area contributed by atoms with Crippen molar-refractivity contribution in [2.75, 3.05) is 52.5 Å². The summed E-state index contributed by atoms with van der Waals surface area (Å²) in [5.41, 5.74) is 4.84. The number of aromatic nitrogens is 6. The lowest BCUT2D eigenvalue weighted by Crippen LogP contribution is -2.36. The monoisotopic (exact) mass is 933 g/mol. The number of urea groups is 2. The second-order valence-corrected chi connectivity index (χ2v) is 15.3. The molecular formula is C49H38ClF2N11O5. The molecule has 0 radical (unpaired) electrons. The van der Waals surface area contributed by atoms with Gasteiger partial charge in [0.1, 0.15) is 28.8 Å². The van der Waals surface area contributed by atoms with E-state index in [-0.39, 0.29) is 11.7 Å². The van der Waals surface area contributed by atoms with Gasteiger partial charge < -0.3 is 40.4 Å². The SMILES string of the molecule is O=C(Nc1ccc(Cl)cc1)Nc1ccc(Oc2ccc3ncc(N4CCOCC4)nc3c2)cc1.O=C(Nc1ccc(Oc2ccc3ncc(-n4cccn4)nc3c2)cc1)Nc1ccc(F)c(F)c1. The van der Waals surface area contributed by atoms with Gasteiger partial charge >= 0.3 is 12.1 Å². The molecule has 4 N–H and O–H groups in total. The quantitative estimate of drug-likeness (QED) is 0.102. The van der Waals surface area contributed by atoms with Crippen LogP contribution in [0.4, 0.5) is 46.9 Å². The van der Waals surface area contributed by atoms with Crippen LogP contribution in [-0.2, 0) is 4.74 Å². The van der Waals surface area contributed by atoms with E-state index in [4.69, 9.17) is 30.8 Å². The fourth-order valence-electron chi connectivity index (χ4n) is 6.73. The van der Waals surface area contributed by atoms with E-state index in [9.17, 15) is 18.4 Å². The minimum Gasteiger partial charge on any atom is -0.457 e. The number of anilines is 5. The van der Waals surface area contributed by atoms with E-state index in [0.29, 0.717) is 69.6 Å². The molecule has 1 fully saturated rings. The fourth-order valence-corrected chi connectivity index (χ4v) is 6.85. The topological polar surface area (TPSA) is 183 Å². The molecule has 0 unspecified atom stereocenters. The van der Waals surface area contributed by atoms with Gasteiger partial charge in [0, 0.05) is 71.5 Å². The minimum atomic E-state index is -1.04. The smallest absolute Gasteiger partial charge is 0.323 e. The van der Waals surface area contributed by atoms with Gasteiger partial charge in [0.25, 0.3) is 0 Å². The number of nitrogens with one attached hydrogen (secondary N) is 4. The van der Waals surface area contributed by atoms with Crippen molar-refractivity contribution in [3.05, 3.63) is 175 Å². The van der Waals surface area contributed by atoms with Crippen molar-refractivity contribution in [3.63, 3.8) is 0 Å². The Labute approximate surface area is 391 Å². The van der Waals surface area contributed by atoms with E-state index in [1.165, 1.54) is 6.07 Å². The molecular weight excluding hydrogens is 896 g/mol. The first-order valence-corrected chi connectivity index (χ1v) is 21.3. The summed E-state index contributed by atoms with van der Waals surface area (Å²) in [5.74, 6) is 1.79.